The number of fused-ring (bicyclic) bond motifs is 1. The Labute approximate surface area is 199 Å². The summed E-state index contributed by atoms with van der Waals surface area (Å²) in [6.45, 7) is 7.85. The van der Waals surface area contributed by atoms with Gasteiger partial charge in [-0.2, -0.15) is 0 Å². The molecule has 0 atom stereocenters. The summed E-state index contributed by atoms with van der Waals surface area (Å²) < 4.78 is 10.6. The van der Waals surface area contributed by atoms with Crippen molar-refractivity contribution >= 4 is 28.3 Å². The van der Waals surface area contributed by atoms with Gasteiger partial charge in [-0.1, -0.05) is 29.8 Å². The Morgan fingerprint density at radius 1 is 0.971 bits per heavy atom. The molecule has 0 spiro atoms. The Kier molecular flexibility index (Phi) is 6.72. The van der Waals surface area contributed by atoms with Crippen LogP contribution < -0.4 is 19.7 Å². The average molecular weight is 459 g/mol. The van der Waals surface area contributed by atoms with Crippen molar-refractivity contribution in [2.75, 3.05) is 37.5 Å². The van der Waals surface area contributed by atoms with Crippen molar-refractivity contribution in [3.63, 3.8) is 0 Å². The normalized spacial score (nSPS) is 10.9. The van der Waals surface area contributed by atoms with Crippen LogP contribution in [0.25, 0.3) is 22.4 Å². The lowest BCUT2D eigenvalue weighted by atomic mass is 10.1. The molecule has 0 saturated carbocycles. The summed E-state index contributed by atoms with van der Waals surface area (Å²) in [4.78, 5) is 23.6. The fourth-order valence-electron chi connectivity index (χ4n) is 3.99. The summed E-state index contributed by atoms with van der Waals surface area (Å²) in [5.74, 6) is 1.65. The third kappa shape index (κ3) is 4.55. The molecule has 0 aliphatic carbocycles. The number of methoxy groups -OCH3 is 2. The second kappa shape index (κ2) is 9.87. The van der Waals surface area contributed by atoms with E-state index in [2.05, 4.69) is 60.2 Å². The van der Waals surface area contributed by atoms with E-state index in [9.17, 15) is 4.79 Å². The van der Waals surface area contributed by atoms with Gasteiger partial charge in [0.05, 0.1) is 36.6 Å². The number of rotatable bonds is 8. The molecule has 1 aromatic heterocycles. The second-order valence-corrected chi connectivity index (χ2v) is 8.03. The first-order chi connectivity index (χ1) is 16.5. The fourth-order valence-corrected chi connectivity index (χ4v) is 3.99. The highest BCUT2D eigenvalue weighted by Crippen LogP contribution is 2.33. The Bertz CT molecular complexity index is 1310. The lowest BCUT2D eigenvalue weighted by Crippen LogP contribution is -2.24. The van der Waals surface area contributed by atoms with Crippen LogP contribution in [0.15, 0.2) is 54.6 Å². The first-order valence-corrected chi connectivity index (χ1v) is 11.4. The molecular weight excluding hydrogens is 428 g/mol. The number of anilines is 2. The summed E-state index contributed by atoms with van der Waals surface area (Å²) in [5.41, 5.74) is 6.04. The predicted molar refractivity (Wildman–Crippen MR) is 137 cm³/mol. The van der Waals surface area contributed by atoms with Gasteiger partial charge in [0, 0.05) is 24.2 Å². The molecule has 7 nitrogen and oxygen atoms in total. The van der Waals surface area contributed by atoms with Crippen LogP contribution in [0.1, 0.15) is 29.8 Å². The summed E-state index contributed by atoms with van der Waals surface area (Å²) in [6.07, 6.45) is 0. The number of aromatic nitrogens is 2. The molecular formula is C27H30N4O3. The number of aryl methyl sites for hydroxylation is 1. The SMILES string of the molecule is CCN(CC)c1cc2nc(-c3ccc(C)cc3)[nH]c2cc1NC(=O)c1ccc(OC)c(OC)c1. The van der Waals surface area contributed by atoms with Gasteiger partial charge in [0.2, 0.25) is 0 Å². The topological polar surface area (TPSA) is 79.5 Å². The fraction of sp³-hybridized carbons (Fsp3) is 0.259. The van der Waals surface area contributed by atoms with E-state index in [1.54, 1.807) is 32.4 Å². The van der Waals surface area contributed by atoms with Gasteiger partial charge < -0.3 is 24.7 Å². The molecule has 0 bridgehead atoms. The van der Waals surface area contributed by atoms with Gasteiger partial charge in [-0.05, 0) is 51.1 Å². The van der Waals surface area contributed by atoms with Gasteiger partial charge >= 0.3 is 0 Å². The third-order valence-electron chi connectivity index (χ3n) is 5.92. The number of carbonyl (C=O) groups is 1. The van der Waals surface area contributed by atoms with Gasteiger partial charge in [0.25, 0.3) is 5.91 Å². The lowest BCUT2D eigenvalue weighted by molar-refractivity contribution is 0.102. The van der Waals surface area contributed by atoms with Crippen LogP contribution in [-0.2, 0) is 0 Å². The number of aromatic amines is 1. The highest BCUT2D eigenvalue weighted by Gasteiger charge is 2.17. The zero-order valence-corrected chi connectivity index (χ0v) is 20.2. The van der Waals surface area contributed by atoms with Crippen LogP contribution in [0, 0.1) is 6.92 Å². The van der Waals surface area contributed by atoms with Gasteiger partial charge in [0.15, 0.2) is 11.5 Å². The Morgan fingerprint density at radius 2 is 1.68 bits per heavy atom. The lowest BCUT2D eigenvalue weighted by Gasteiger charge is -2.24. The number of imidazole rings is 1. The molecule has 0 saturated heterocycles. The van der Waals surface area contributed by atoms with Crippen molar-refractivity contribution in [2.24, 2.45) is 0 Å². The molecule has 0 radical (unpaired) electrons. The van der Waals surface area contributed by atoms with Crippen LogP contribution >= 0.6 is 0 Å². The predicted octanol–water partition coefficient (Wildman–Crippen LogP) is 5.65. The van der Waals surface area contributed by atoms with Crippen LogP contribution in [-0.4, -0.2) is 43.2 Å². The molecule has 34 heavy (non-hydrogen) atoms. The zero-order valence-electron chi connectivity index (χ0n) is 20.2. The van der Waals surface area contributed by atoms with E-state index in [1.165, 1.54) is 5.56 Å². The Balaban J connectivity index is 1.74. The van der Waals surface area contributed by atoms with E-state index in [1.807, 2.05) is 12.1 Å². The van der Waals surface area contributed by atoms with E-state index in [0.29, 0.717) is 17.1 Å². The summed E-state index contributed by atoms with van der Waals surface area (Å²) in [6, 6.07) is 17.3. The minimum atomic E-state index is -0.230. The van der Waals surface area contributed by atoms with Gasteiger partial charge in [-0.3, -0.25) is 4.79 Å². The molecule has 7 heteroatoms. The molecule has 0 unspecified atom stereocenters. The van der Waals surface area contributed by atoms with Crippen molar-refractivity contribution in [1.29, 1.82) is 0 Å². The maximum Gasteiger partial charge on any atom is 0.255 e. The van der Waals surface area contributed by atoms with Crippen molar-refractivity contribution in [3.8, 4) is 22.9 Å². The number of hydrogen-bond acceptors (Lipinski definition) is 5. The van der Waals surface area contributed by atoms with Crippen molar-refractivity contribution in [3.05, 3.63) is 65.7 Å². The van der Waals surface area contributed by atoms with E-state index in [-0.39, 0.29) is 5.91 Å². The average Bonchev–Trinajstić information content (AvgIpc) is 3.27. The number of nitrogens with zero attached hydrogens (tertiary/aromatic N) is 2. The summed E-state index contributed by atoms with van der Waals surface area (Å²) in [5, 5.41) is 3.09. The molecule has 0 fully saturated rings. The minimum absolute atomic E-state index is 0.230. The number of nitrogens with one attached hydrogen (secondary N) is 2. The highest BCUT2D eigenvalue weighted by atomic mass is 16.5. The Morgan fingerprint density at radius 3 is 2.32 bits per heavy atom. The van der Waals surface area contributed by atoms with Crippen LogP contribution in [0.2, 0.25) is 0 Å². The summed E-state index contributed by atoms with van der Waals surface area (Å²) >= 11 is 0. The molecule has 0 aliphatic rings. The van der Waals surface area contributed by atoms with Crippen molar-refractivity contribution in [2.45, 2.75) is 20.8 Å². The van der Waals surface area contributed by atoms with E-state index >= 15 is 0 Å². The smallest absolute Gasteiger partial charge is 0.255 e. The number of carbonyl (C=O) groups excluding carboxylic acids is 1. The standard InChI is InChI=1S/C27H30N4O3/c1-6-31(7-2)23-16-21-20(28-26(29-21)18-10-8-17(3)9-11-18)15-22(23)30-27(32)19-12-13-24(33-4)25(14-19)34-5/h8-16H,6-7H2,1-5H3,(H,28,29)(H,30,32). The number of hydrogen-bond donors (Lipinski definition) is 2. The highest BCUT2D eigenvalue weighted by molar-refractivity contribution is 6.07. The van der Waals surface area contributed by atoms with E-state index in [0.717, 1.165) is 46.9 Å². The largest absolute Gasteiger partial charge is 0.493 e. The molecule has 1 amide bonds. The number of H-pyrrole nitrogens is 1. The van der Waals surface area contributed by atoms with E-state index < -0.39 is 0 Å². The van der Waals surface area contributed by atoms with E-state index in [4.69, 9.17) is 14.5 Å². The van der Waals surface area contributed by atoms with Gasteiger partial charge in [0.1, 0.15) is 5.82 Å². The number of amides is 1. The molecule has 4 rings (SSSR count). The second-order valence-electron chi connectivity index (χ2n) is 8.03. The van der Waals surface area contributed by atoms with Crippen LogP contribution in [0.3, 0.4) is 0 Å². The molecule has 1 heterocycles. The zero-order chi connectivity index (χ0) is 24.2. The first-order valence-electron chi connectivity index (χ1n) is 11.4. The Hall–Kier alpha value is -4.00. The van der Waals surface area contributed by atoms with Crippen molar-refractivity contribution in [1.82, 2.24) is 9.97 Å². The quantitative estimate of drug-likeness (QED) is 0.356. The van der Waals surface area contributed by atoms with Gasteiger partial charge in [-0.25, -0.2) is 4.98 Å². The van der Waals surface area contributed by atoms with Crippen molar-refractivity contribution < 1.29 is 14.3 Å². The molecule has 2 N–H and O–H groups in total. The molecule has 176 valence electrons. The third-order valence-corrected chi connectivity index (χ3v) is 5.92. The summed E-state index contributed by atoms with van der Waals surface area (Å²) in [7, 11) is 3.12. The monoisotopic (exact) mass is 458 g/mol. The van der Waals surface area contributed by atoms with Crippen LogP contribution in [0.4, 0.5) is 11.4 Å². The molecule has 3 aromatic carbocycles. The van der Waals surface area contributed by atoms with Crippen LogP contribution in [0.5, 0.6) is 11.5 Å². The van der Waals surface area contributed by atoms with Gasteiger partial charge in [-0.15, -0.1) is 0 Å². The maximum absolute atomic E-state index is 13.2. The molecule has 0 aliphatic heterocycles. The maximum atomic E-state index is 13.2. The number of ether oxygens (including phenoxy) is 2. The first kappa shape index (κ1) is 23.2. The number of benzene rings is 3. The molecule has 4 aromatic rings. The minimum Gasteiger partial charge on any atom is -0.493 e.